The summed E-state index contributed by atoms with van der Waals surface area (Å²) in [6.07, 6.45) is 8.86. The number of nitrogens with one attached hydrogen (secondary N) is 1. The number of esters is 1. The molecule has 0 spiro atoms. The van der Waals surface area contributed by atoms with Gasteiger partial charge >= 0.3 is 225 Å². The Kier molecular flexibility index (Phi) is 15.4. The van der Waals surface area contributed by atoms with E-state index in [4.69, 9.17) is 9.47 Å². The van der Waals surface area contributed by atoms with E-state index in [1.807, 2.05) is 45.9 Å². The normalized spacial score (nSPS) is 13.2. The molecule has 0 aromatic heterocycles. The fourth-order valence-corrected chi connectivity index (χ4v) is 22.1. The molecule has 0 saturated heterocycles. The van der Waals surface area contributed by atoms with Crippen molar-refractivity contribution >= 4 is 30.4 Å². The second kappa shape index (κ2) is 17.1. The van der Waals surface area contributed by atoms with Gasteiger partial charge in [0.1, 0.15) is 0 Å². The van der Waals surface area contributed by atoms with Crippen LogP contribution in [0.5, 0.6) is 0 Å². The molecule has 0 radical (unpaired) electrons. The average Bonchev–Trinajstić information content (AvgIpc) is 2.82. The van der Waals surface area contributed by atoms with Gasteiger partial charge in [-0.15, -0.1) is 0 Å². The number of amides is 1. The molecule has 36 heavy (non-hydrogen) atoms. The van der Waals surface area contributed by atoms with Gasteiger partial charge in [0.05, 0.1) is 0 Å². The van der Waals surface area contributed by atoms with E-state index < -0.39 is 30.1 Å². The molecule has 1 aromatic rings. The van der Waals surface area contributed by atoms with Crippen molar-refractivity contribution in [2.75, 3.05) is 6.61 Å². The summed E-state index contributed by atoms with van der Waals surface area (Å²) in [6, 6.07) is 9.95. The van der Waals surface area contributed by atoms with Crippen LogP contribution >= 0.6 is 0 Å². The van der Waals surface area contributed by atoms with E-state index in [9.17, 15) is 9.59 Å². The first-order valence-corrected chi connectivity index (χ1v) is 21.5. The summed E-state index contributed by atoms with van der Waals surface area (Å²) in [5.74, 6) is -0.290. The number of carbonyl (C=O) groups excluding carboxylic acids is 2. The minimum atomic E-state index is -3.13. The number of alkyl carbamates (subject to hydrolysis) is 1. The van der Waals surface area contributed by atoms with Crippen molar-refractivity contribution in [3.8, 4) is 0 Å². The molecular formula is C30H51NO4Sn. The summed E-state index contributed by atoms with van der Waals surface area (Å²) in [4.78, 5) is 26.1. The third-order valence-electron chi connectivity index (χ3n) is 6.55. The van der Waals surface area contributed by atoms with Crippen LogP contribution < -0.4 is 5.32 Å². The zero-order chi connectivity index (χ0) is 27.0. The monoisotopic (exact) mass is 609 g/mol. The summed E-state index contributed by atoms with van der Waals surface area (Å²) in [5.41, 5.74) is 0.536. The molecule has 204 valence electrons. The van der Waals surface area contributed by atoms with Crippen LogP contribution in [0.2, 0.25) is 13.3 Å². The SMILES string of the molecule is CCC[CH2][Sn]([CH2]CCC)([CH2]CCC)/[C](=C\C(=O)OCC)[C@H](Cc1ccccc1)NC(=O)OC(C)(C)C. The van der Waals surface area contributed by atoms with E-state index in [0.29, 0.717) is 13.0 Å². The maximum absolute atomic E-state index is 13.1. The molecule has 5 nitrogen and oxygen atoms in total. The van der Waals surface area contributed by atoms with Gasteiger partial charge in [0.2, 0.25) is 0 Å². The number of rotatable bonds is 16. The van der Waals surface area contributed by atoms with Crippen molar-refractivity contribution in [3.63, 3.8) is 0 Å². The van der Waals surface area contributed by atoms with E-state index in [2.05, 4.69) is 38.2 Å². The Hall–Kier alpha value is -1.50. The Morgan fingerprint density at radius 2 is 1.44 bits per heavy atom. The van der Waals surface area contributed by atoms with Crippen molar-refractivity contribution in [2.45, 2.75) is 118 Å². The summed E-state index contributed by atoms with van der Waals surface area (Å²) in [5, 5.41) is 3.22. The van der Waals surface area contributed by atoms with E-state index >= 15 is 0 Å². The number of benzene rings is 1. The zero-order valence-electron chi connectivity index (χ0n) is 24.0. The number of hydrogen-bond donors (Lipinski definition) is 1. The van der Waals surface area contributed by atoms with Crippen LogP contribution in [-0.4, -0.2) is 48.7 Å². The van der Waals surface area contributed by atoms with Crippen molar-refractivity contribution < 1.29 is 19.1 Å². The van der Waals surface area contributed by atoms with Crippen LogP contribution in [0.1, 0.15) is 92.6 Å². The molecule has 1 rings (SSSR count). The molecule has 1 amide bonds. The Morgan fingerprint density at radius 1 is 0.917 bits per heavy atom. The van der Waals surface area contributed by atoms with Gasteiger partial charge < -0.3 is 0 Å². The van der Waals surface area contributed by atoms with Gasteiger partial charge in [-0.2, -0.15) is 0 Å². The van der Waals surface area contributed by atoms with E-state index in [1.165, 1.54) is 16.9 Å². The topological polar surface area (TPSA) is 64.6 Å². The standard InChI is InChI=1S/C18H24NO4.3C4H9.Sn/c1-5-22-16(20)12-11-15(13-14-9-7-6-8-10-14)19-17(21)23-18(2,3)4;3*1-3-4-2;/h6-10,12,15H,5,13H2,1-4H3,(H,19,21);3*1,3-4H2,2H3;/t15-;;;;/m1..../s1. The Morgan fingerprint density at radius 3 is 1.89 bits per heavy atom. The molecule has 0 aliphatic carbocycles. The van der Waals surface area contributed by atoms with Gasteiger partial charge in [-0.3, -0.25) is 0 Å². The summed E-state index contributed by atoms with van der Waals surface area (Å²) < 4.78 is 15.9. The second-order valence-corrected chi connectivity index (χ2v) is 24.1. The van der Waals surface area contributed by atoms with Gasteiger partial charge in [-0.1, -0.05) is 0 Å². The first-order chi connectivity index (χ1) is 17.1. The Bertz CT molecular complexity index is 779. The molecule has 1 atom stereocenters. The molecule has 1 N–H and O–H groups in total. The third kappa shape index (κ3) is 12.2. The molecule has 0 saturated carbocycles. The van der Waals surface area contributed by atoms with E-state index in [1.54, 1.807) is 6.08 Å². The molecule has 6 heteroatoms. The predicted octanol–water partition coefficient (Wildman–Crippen LogP) is 8.00. The van der Waals surface area contributed by atoms with Crippen LogP contribution in [0.4, 0.5) is 4.79 Å². The number of ether oxygens (including phenoxy) is 2. The van der Waals surface area contributed by atoms with Gasteiger partial charge in [-0.05, 0) is 0 Å². The van der Waals surface area contributed by atoms with Crippen molar-refractivity contribution in [1.29, 1.82) is 0 Å². The number of unbranched alkanes of at least 4 members (excludes halogenated alkanes) is 3. The van der Waals surface area contributed by atoms with Gasteiger partial charge in [0, 0.05) is 0 Å². The van der Waals surface area contributed by atoms with Crippen LogP contribution in [0, 0.1) is 0 Å². The van der Waals surface area contributed by atoms with Crippen LogP contribution in [0.3, 0.4) is 0 Å². The molecule has 0 aliphatic heterocycles. The van der Waals surface area contributed by atoms with Crippen LogP contribution in [0.25, 0.3) is 0 Å². The number of carbonyl (C=O) groups is 2. The van der Waals surface area contributed by atoms with Gasteiger partial charge in [0.25, 0.3) is 0 Å². The van der Waals surface area contributed by atoms with Gasteiger partial charge in [-0.25, -0.2) is 0 Å². The van der Waals surface area contributed by atoms with E-state index in [0.717, 1.165) is 44.1 Å². The van der Waals surface area contributed by atoms with Crippen LogP contribution in [0.15, 0.2) is 40.0 Å². The van der Waals surface area contributed by atoms with Crippen LogP contribution in [-0.2, 0) is 20.7 Å². The molecular weight excluding hydrogens is 557 g/mol. The molecule has 0 fully saturated rings. The predicted molar refractivity (Wildman–Crippen MR) is 153 cm³/mol. The average molecular weight is 608 g/mol. The summed E-state index contributed by atoms with van der Waals surface area (Å²) >= 11 is -3.13. The first-order valence-electron chi connectivity index (χ1n) is 14.0. The quantitative estimate of drug-likeness (QED) is 0.117. The van der Waals surface area contributed by atoms with Crippen molar-refractivity contribution in [2.24, 2.45) is 0 Å². The molecule has 0 bridgehead atoms. The fourth-order valence-electron chi connectivity index (χ4n) is 4.83. The number of hydrogen-bond acceptors (Lipinski definition) is 4. The molecule has 0 aliphatic rings. The summed E-state index contributed by atoms with van der Waals surface area (Å²) in [6.45, 7) is 14.5. The Balaban J connectivity index is 3.68. The zero-order valence-corrected chi connectivity index (χ0v) is 26.8. The first kappa shape index (κ1) is 32.5. The van der Waals surface area contributed by atoms with Gasteiger partial charge in [0.15, 0.2) is 0 Å². The third-order valence-corrected chi connectivity index (χ3v) is 22.7. The summed E-state index contributed by atoms with van der Waals surface area (Å²) in [7, 11) is 0. The molecule has 0 heterocycles. The van der Waals surface area contributed by atoms with E-state index in [-0.39, 0.29) is 12.0 Å². The molecule has 1 aromatic carbocycles. The Labute approximate surface area is 224 Å². The molecule has 0 unspecified atom stereocenters. The van der Waals surface area contributed by atoms with Crippen molar-refractivity contribution in [1.82, 2.24) is 5.32 Å². The van der Waals surface area contributed by atoms with Crippen molar-refractivity contribution in [3.05, 3.63) is 45.6 Å². The maximum atomic E-state index is 13.1. The second-order valence-electron chi connectivity index (χ2n) is 10.8. The minimum absolute atomic E-state index is 0.284. The fraction of sp³-hybridized carbons (Fsp3) is 0.667.